The third kappa shape index (κ3) is 4.42. The van der Waals surface area contributed by atoms with Crippen LogP contribution in [0.4, 0.5) is 4.39 Å². The van der Waals surface area contributed by atoms with E-state index in [1.807, 2.05) is 0 Å². The lowest BCUT2D eigenvalue weighted by molar-refractivity contribution is -0.150. The fourth-order valence-electron chi connectivity index (χ4n) is 9.05. The second-order valence-electron chi connectivity index (χ2n) is 13.2. The summed E-state index contributed by atoms with van der Waals surface area (Å²) in [6.07, 6.45) is 9.78. The first-order chi connectivity index (χ1) is 16.4. The van der Waals surface area contributed by atoms with E-state index in [1.165, 1.54) is 20.0 Å². The number of ether oxygens (including phenoxy) is 1. The lowest BCUT2D eigenvalue weighted by atomic mass is 9.44. The molecule has 0 bridgehead atoms. The molecule has 1 N–H and O–H groups in total. The van der Waals surface area contributed by atoms with E-state index in [0.717, 1.165) is 56.9 Å². The summed E-state index contributed by atoms with van der Waals surface area (Å²) in [6.45, 7) is 10.3. The summed E-state index contributed by atoms with van der Waals surface area (Å²) in [4.78, 5) is 25.0. The van der Waals surface area contributed by atoms with E-state index < -0.39 is 17.5 Å². The topological polar surface area (TPSA) is 63.6 Å². The average molecular weight is 491 g/mol. The monoisotopic (exact) mass is 490 g/mol. The van der Waals surface area contributed by atoms with E-state index in [-0.39, 0.29) is 34.8 Å². The molecule has 0 radical (unpaired) electrons. The van der Waals surface area contributed by atoms with Gasteiger partial charge in [-0.3, -0.25) is 9.59 Å². The lowest BCUT2D eigenvalue weighted by Gasteiger charge is -2.61. The number of fused-ring (bicyclic) bond motifs is 5. The molecule has 0 aromatic rings. The van der Waals surface area contributed by atoms with Gasteiger partial charge in [-0.05, 0) is 104 Å². The van der Waals surface area contributed by atoms with Crippen molar-refractivity contribution in [3.8, 4) is 0 Å². The van der Waals surface area contributed by atoms with Gasteiger partial charge in [-0.15, -0.1) is 0 Å². The number of carbonyl (C=O) groups excluding carboxylic acids is 2. The van der Waals surface area contributed by atoms with Gasteiger partial charge in [-0.1, -0.05) is 34.6 Å². The van der Waals surface area contributed by atoms with Gasteiger partial charge < -0.3 is 9.84 Å². The Morgan fingerprint density at radius 3 is 2.43 bits per heavy atom. The maximum absolute atomic E-state index is 15.9. The van der Waals surface area contributed by atoms with Gasteiger partial charge in [-0.25, -0.2) is 4.39 Å². The van der Waals surface area contributed by atoms with Gasteiger partial charge in [0.25, 0.3) is 0 Å². The van der Waals surface area contributed by atoms with Crippen molar-refractivity contribution in [2.75, 3.05) is 7.11 Å². The summed E-state index contributed by atoms with van der Waals surface area (Å²) in [6, 6.07) is 0. The Hall–Kier alpha value is -1.23. The molecule has 4 nitrogen and oxygen atoms in total. The van der Waals surface area contributed by atoms with Crippen molar-refractivity contribution in [1.82, 2.24) is 0 Å². The number of halogens is 1. The van der Waals surface area contributed by atoms with Crippen LogP contribution in [0.25, 0.3) is 0 Å². The molecule has 0 aliphatic heterocycles. The van der Waals surface area contributed by atoms with Gasteiger partial charge in [0, 0.05) is 12.3 Å². The predicted octanol–water partition coefficient (Wildman–Crippen LogP) is 6.80. The number of hydrogen-bond donors (Lipinski definition) is 1. The fourth-order valence-corrected chi connectivity index (χ4v) is 9.05. The minimum Gasteiger partial charge on any atom is -0.468 e. The van der Waals surface area contributed by atoms with Crippen LogP contribution in [0.15, 0.2) is 11.4 Å². The molecule has 4 aliphatic carbocycles. The highest BCUT2D eigenvalue weighted by atomic mass is 19.1. The second kappa shape index (κ2) is 9.58. The maximum Gasteiger partial charge on any atom is 0.316 e. The molecule has 8 atom stereocenters. The third-order valence-electron chi connectivity index (χ3n) is 11.4. The minimum atomic E-state index is -1.06. The standard InChI is InChI=1S/C30H47FO4/c1-7-30(34)15-14-28(4)19(17-30)8-9-20-22-10-11-24(29(22,5)13-12-23(20)28)25(31)16-21(27(33)35-6)26(32)18(2)3/h18-23,34H,7-17H2,1-6H3/b25-24-/t19-,20-,21?,22-,23-,28-,29-,30-/m0/s1. The van der Waals surface area contributed by atoms with Gasteiger partial charge in [0.1, 0.15) is 17.5 Å². The normalized spacial score (nSPS) is 43.1. The first-order valence-corrected chi connectivity index (χ1v) is 14.1. The van der Waals surface area contributed by atoms with Crippen molar-refractivity contribution < 1.29 is 23.8 Å². The van der Waals surface area contributed by atoms with Gasteiger partial charge >= 0.3 is 5.97 Å². The van der Waals surface area contributed by atoms with Gasteiger partial charge in [0.15, 0.2) is 0 Å². The zero-order chi connectivity index (χ0) is 25.8. The molecule has 4 fully saturated rings. The van der Waals surface area contributed by atoms with E-state index in [0.29, 0.717) is 23.7 Å². The smallest absolute Gasteiger partial charge is 0.316 e. The van der Waals surface area contributed by atoms with E-state index in [4.69, 9.17) is 4.74 Å². The molecule has 4 aliphatic rings. The summed E-state index contributed by atoms with van der Waals surface area (Å²) in [5.74, 6) is -0.216. The van der Waals surface area contributed by atoms with Crippen LogP contribution in [-0.2, 0) is 14.3 Å². The minimum absolute atomic E-state index is 0.162. The van der Waals surface area contributed by atoms with Crippen molar-refractivity contribution >= 4 is 11.8 Å². The van der Waals surface area contributed by atoms with Crippen LogP contribution < -0.4 is 0 Å². The first-order valence-electron chi connectivity index (χ1n) is 14.1. The Morgan fingerprint density at radius 1 is 1.09 bits per heavy atom. The number of aliphatic hydroxyl groups is 1. The Bertz CT molecular complexity index is 880. The van der Waals surface area contributed by atoms with Crippen LogP contribution in [0.3, 0.4) is 0 Å². The van der Waals surface area contributed by atoms with Crippen molar-refractivity contribution in [1.29, 1.82) is 0 Å². The summed E-state index contributed by atoms with van der Waals surface area (Å²) in [7, 11) is 1.27. The number of carbonyl (C=O) groups is 2. The van der Waals surface area contributed by atoms with E-state index in [9.17, 15) is 14.7 Å². The molecule has 0 amide bonds. The highest BCUT2D eigenvalue weighted by Gasteiger charge is 2.60. The van der Waals surface area contributed by atoms with Crippen LogP contribution in [0.2, 0.25) is 0 Å². The van der Waals surface area contributed by atoms with E-state index >= 15 is 4.39 Å². The molecule has 0 aromatic heterocycles. The molecule has 0 saturated heterocycles. The number of rotatable bonds is 6. The molecule has 198 valence electrons. The van der Waals surface area contributed by atoms with E-state index in [2.05, 4.69) is 20.8 Å². The molecule has 4 rings (SSSR count). The predicted molar refractivity (Wildman–Crippen MR) is 135 cm³/mol. The average Bonchev–Trinajstić information content (AvgIpc) is 3.19. The van der Waals surface area contributed by atoms with Crippen molar-refractivity contribution in [3.05, 3.63) is 11.4 Å². The lowest BCUT2D eigenvalue weighted by Crippen LogP contribution is -2.55. The number of ketones is 1. The molecule has 0 spiro atoms. The Morgan fingerprint density at radius 2 is 1.80 bits per heavy atom. The summed E-state index contributed by atoms with van der Waals surface area (Å²) in [5.41, 5.74) is 0.462. The molecule has 5 heteroatoms. The highest BCUT2D eigenvalue weighted by molar-refractivity contribution is 6.00. The Labute approximate surface area is 211 Å². The summed E-state index contributed by atoms with van der Waals surface area (Å²) >= 11 is 0. The van der Waals surface area contributed by atoms with Crippen LogP contribution in [0, 0.1) is 46.3 Å². The number of allylic oxidation sites excluding steroid dienone is 2. The third-order valence-corrected chi connectivity index (χ3v) is 11.4. The van der Waals surface area contributed by atoms with Crippen molar-refractivity contribution in [2.24, 2.45) is 46.3 Å². The molecule has 0 aromatic carbocycles. The van der Waals surface area contributed by atoms with Crippen LogP contribution in [-0.4, -0.2) is 29.6 Å². The molecular weight excluding hydrogens is 443 g/mol. The first kappa shape index (κ1) is 26.8. The van der Waals surface area contributed by atoms with Crippen molar-refractivity contribution in [3.63, 3.8) is 0 Å². The molecule has 0 heterocycles. The second-order valence-corrected chi connectivity index (χ2v) is 13.2. The molecule has 1 unspecified atom stereocenters. The highest BCUT2D eigenvalue weighted by Crippen LogP contribution is 2.68. The van der Waals surface area contributed by atoms with Crippen molar-refractivity contribution in [2.45, 2.75) is 111 Å². The Kier molecular flexibility index (Phi) is 7.34. The van der Waals surface area contributed by atoms with Gasteiger partial charge in [-0.2, -0.15) is 0 Å². The largest absolute Gasteiger partial charge is 0.468 e. The zero-order valence-corrected chi connectivity index (χ0v) is 22.8. The molecule has 35 heavy (non-hydrogen) atoms. The SMILES string of the molecule is CC[C@]1(O)CC[C@@]2(C)[C@@H](CC[C@@H]3[C@@H]2CC[C@]2(C)/C(=C(\F)CC(C(=O)OC)C(=O)C(C)C)CC[C@@H]32)C1. The number of hydrogen-bond acceptors (Lipinski definition) is 4. The number of methoxy groups -OCH3 is 1. The summed E-state index contributed by atoms with van der Waals surface area (Å²) < 4.78 is 20.7. The maximum atomic E-state index is 15.9. The molecule has 4 saturated carbocycles. The van der Waals surface area contributed by atoms with Crippen LogP contribution in [0.5, 0.6) is 0 Å². The Balaban J connectivity index is 1.56. The van der Waals surface area contributed by atoms with Gasteiger partial charge in [0.05, 0.1) is 12.7 Å². The quantitative estimate of drug-likeness (QED) is 0.329. The van der Waals surface area contributed by atoms with E-state index in [1.54, 1.807) is 13.8 Å². The molecular formula is C30H47FO4. The fraction of sp³-hybridized carbons (Fsp3) is 0.867. The summed E-state index contributed by atoms with van der Waals surface area (Å²) in [5, 5.41) is 11.0. The number of Topliss-reactive ketones (excluding diaryl/α,β-unsaturated/α-hetero) is 1. The number of esters is 1. The van der Waals surface area contributed by atoms with Crippen LogP contribution >= 0.6 is 0 Å². The van der Waals surface area contributed by atoms with Crippen LogP contribution in [0.1, 0.15) is 105 Å². The zero-order valence-electron chi connectivity index (χ0n) is 22.8. The van der Waals surface area contributed by atoms with Gasteiger partial charge in [0.2, 0.25) is 0 Å².